The van der Waals surface area contributed by atoms with E-state index >= 15 is 0 Å². The molecule has 4 nitrogen and oxygen atoms in total. The van der Waals surface area contributed by atoms with E-state index in [2.05, 4.69) is 22.8 Å². The maximum absolute atomic E-state index is 9.47. The minimum absolute atomic E-state index is 0.105. The first-order valence-corrected chi connectivity index (χ1v) is 10.3. The molecule has 0 atom stereocenters. The number of rotatable bonds is 9. The van der Waals surface area contributed by atoms with Crippen LogP contribution >= 0.6 is 0 Å². The molecule has 134 valence electrons. The van der Waals surface area contributed by atoms with Gasteiger partial charge in [-0.1, -0.05) is 12.8 Å². The van der Waals surface area contributed by atoms with Gasteiger partial charge in [-0.25, -0.2) is 0 Å². The fraction of sp³-hybridized carbons (Fsp3) is 0.900. The number of hydrogen-bond acceptors (Lipinski definition) is 2. The molecule has 0 amide bonds. The highest BCUT2D eigenvalue weighted by Gasteiger charge is 2.35. The van der Waals surface area contributed by atoms with Crippen LogP contribution < -0.4 is 10.6 Å². The van der Waals surface area contributed by atoms with E-state index in [9.17, 15) is 10.5 Å². The van der Waals surface area contributed by atoms with Crippen LogP contribution in [0.2, 0.25) is 0 Å². The average Bonchev–Trinajstić information content (AvgIpc) is 2.65. The van der Waals surface area contributed by atoms with Crippen LogP contribution in [-0.4, -0.2) is 24.2 Å². The second-order valence-corrected chi connectivity index (χ2v) is 8.06. The second-order valence-electron chi connectivity index (χ2n) is 8.06. The third kappa shape index (κ3) is 5.76. The first kappa shape index (κ1) is 19.2. The summed E-state index contributed by atoms with van der Waals surface area (Å²) in [6, 6.07) is 5.17. The Morgan fingerprint density at radius 3 is 1.29 bits per heavy atom. The number of unbranched alkanes of at least 4 members (excludes halogenated alkanes) is 3. The Balaban J connectivity index is 1.51. The van der Waals surface area contributed by atoms with E-state index in [0.29, 0.717) is 0 Å². The average molecular weight is 333 g/mol. The van der Waals surface area contributed by atoms with Crippen molar-refractivity contribution in [1.82, 2.24) is 0 Å². The lowest BCUT2D eigenvalue weighted by Crippen LogP contribution is -2.97. The van der Waals surface area contributed by atoms with Crippen molar-refractivity contribution >= 4 is 0 Å². The first-order chi connectivity index (χ1) is 11.7. The summed E-state index contributed by atoms with van der Waals surface area (Å²) in [5.74, 6) is 0. The van der Waals surface area contributed by atoms with E-state index in [1.165, 1.54) is 64.2 Å². The van der Waals surface area contributed by atoms with Gasteiger partial charge >= 0.3 is 0 Å². The van der Waals surface area contributed by atoms with Crippen LogP contribution in [0.25, 0.3) is 0 Å². The highest BCUT2D eigenvalue weighted by molar-refractivity contribution is 5.01. The monoisotopic (exact) mass is 332 g/mol. The van der Waals surface area contributed by atoms with E-state index in [1.54, 1.807) is 0 Å². The summed E-state index contributed by atoms with van der Waals surface area (Å²) in [6.45, 7) is 2.19. The van der Waals surface area contributed by atoms with Crippen LogP contribution in [0.5, 0.6) is 0 Å². The van der Waals surface area contributed by atoms with Gasteiger partial charge in [0.15, 0.2) is 11.1 Å². The molecular formula is C20H36N4+2. The molecule has 4 N–H and O–H groups in total. The third-order valence-corrected chi connectivity index (χ3v) is 6.17. The lowest BCUT2D eigenvalue weighted by Gasteiger charge is -2.28. The fourth-order valence-electron chi connectivity index (χ4n) is 4.49. The van der Waals surface area contributed by atoms with Gasteiger partial charge in [0, 0.05) is 25.7 Å². The molecule has 2 saturated carbocycles. The Morgan fingerprint density at radius 2 is 0.958 bits per heavy atom. The van der Waals surface area contributed by atoms with Crippen LogP contribution in [-0.2, 0) is 0 Å². The molecule has 2 fully saturated rings. The standard InChI is InChI=1S/C20H34N4/c21-17-19(11-5-3-6-12-19)23-15-9-1-2-10-16-24-20(18-22)13-7-4-8-14-20/h23-24H,1-16H2/p+2. The molecule has 0 aliphatic heterocycles. The highest BCUT2D eigenvalue weighted by Crippen LogP contribution is 2.24. The van der Waals surface area contributed by atoms with Gasteiger partial charge in [-0.2, -0.15) is 10.5 Å². The largest absolute Gasteiger partial charge is 0.330 e. The predicted octanol–water partition coefficient (Wildman–Crippen LogP) is 2.13. The Hall–Kier alpha value is -1.10. The molecule has 0 aromatic carbocycles. The lowest BCUT2D eigenvalue weighted by atomic mass is 9.82. The van der Waals surface area contributed by atoms with Gasteiger partial charge in [-0.05, 0) is 51.4 Å². The summed E-state index contributed by atoms with van der Waals surface area (Å²) < 4.78 is 0. The van der Waals surface area contributed by atoms with Crippen molar-refractivity contribution in [2.75, 3.05) is 13.1 Å². The number of hydrogen-bond donors (Lipinski definition) is 2. The Kier molecular flexibility index (Phi) is 8.03. The number of nitriles is 2. The maximum atomic E-state index is 9.47. The minimum Gasteiger partial charge on any atom is -0.330 e. The van der Waals surface area contributed by atoms with Gasteiger partial charge in [0.05, 0.1) is 13.1 Å². The summed E-state index contributed by atoms with van der Waals surface area (Å²) in [5.41, 5.74) is -0.210. The van der Waals surface area contributed by atoms with Crippen LogP contribution in [0.15, 0.2) is 0 Å². The molecule has 0 aromatic rings. The van der Waals surface area contributed by atoms with Gasteiger partial charge in [-0.15, -0.1) is 0 Å². The minimum atomic E-state index is -0.105. The molecule has 0 bridgehead atoms. The van der Waals surface area contributed by atoms with Crippen molar-refractivity contribution in [1.29, 1.82) is 10.5 Å². The van der Waals surface area contributed by atoms with Gasteiger partial charge in [0.1, 0.15) is 12.1 Å². The molecule has 0 saturated heterocycles. The van der Waals surface area contributed by atoms with Crippen LogP contribution in [0.4, 0.5) is 0 Å². The molecule has 0 spiro atoms. The Labute approximate surface area is 148 Å². The number of nitrogens with two attached hydrogens (primary N) is 2. The molecule has 2 rings (SSSR count). The molecule has 2 aliphatic rings. The Morgan fingerprint density at radius 1 is 0.583 bits per heavy atom. The molecule has 2 aliphatic carbocycles. The number of nitrogens with zero attached hydrogens (tertiary/aromatic N) is 2. The summed E-state index contributed by atoms with van der Waals surface area (Å²) in [4.78, 5) is 0. The third-order valence-electron chi connectivity index (χ3n) is 6.17. The van der Waals surface area contributed by atoms with Crippen molar-refractivity contribution < 1.29 is 10.6 Å². The second kappa shape index (κ2) is 10.0. The van der Waals surface area contributed by atoms with Gasteiger partial charge in [-0.3, -0.25) is 0 Å². The quantitative estimate of drug-likeness (QED) is 0.634. The zero-order valence-corrected chi connectivity index (χ0v) is 15.4. The van der Waals surface area contributed by atoms with E-state index < -0.39 is 0 Å². The Bertz CT molecular complexity index is 392. The smallest absolute Gasteiger partial charge is 0.183 e. The molecule has 0 unspecified atom stereocenters. The zero-order chi connectivity index (χ0) is 17.1. The summed E-state index contributed by atoms with van der Waals surface area (Å²) >= 11 is 0. The van der Waals surface area contributed by atoms with Gasteiger partial charge < -0.3 is 10.6 Å². The molecule has 0 radical (unpaired) electrons. The van der Waals surface area contributed by atoms with Crippen molar-refractivity contribution in [2.24, 2.45) is 0 Å². The summed E-state index contributed by atoms with van der Waals surface area (Å²) in [6.07, 6.45) is 16.8. The van der Waals surface area contributed by atoms with Crippen LogP contribution in [0.3, 0.4) is 0 Å². The van der Waals surface area contributed by atoms with E-state index in [4.69, 9.17) is 0 Å². The number of quaternary nitrogens is 2. The molecule has 0 aromatic heterocycles. The maximum Gasteiger partial charge on any atom is 0.183 e. The van der Waals surface area contributed by atoms with E-state index in [0.717, 1.165) is 38.8 Å². The van der Waals surface area contributed by atoms with Crippen LogP contribution in [0, 0.1) is 22.7 Å². The fourth-order valence-corrected chi connectivity index (χ4v) is 4.49. The lowest BCUT2D eigenvalue weighted by molar-refractivity contribution is -0.718. The summed E-state index contributed by atoms with van der Waals surface area (Å²) in [7, 11) is 0. The van der Waals surface area contributed by atoms with Gasteiger partial charge in [0.2, 0.25) is 0 Å². The van der Waals surface area contributed by atoms with Crippen molar-refractivity contribution in [3.63, 3.8) is 0 Å². The SMILES string of the molecule is N#CC1([NH2+]CCCCCC[NH2+]C2(C#N)CCCCC2)CCCCC1. The predicted molar refractivity (Wildman–Crippen MR) is 94.9 cm³/mol. The van der Waals surface area contributed by atoms with E-state index in [-0.39, 0.29) is 11.1 Å². The summed E-state index contributed by atoms with van der Waals surface area (Å²) in [5, 5.41) is 23.6. The molecule has 24 heavy (non-hydrogen) atoms. The van der Waals surface area contributed by atoms with Crippen molar-refractivity contribution in [2.45, 2.75) is 101 Å². The molecular weight excluding hydrogens is 296 g/mol. The van der Waals surface area contributed by atoms with Crippen molar-refractivity contribution in [3.8, 4) is 12.1 Å². The first-order valence-electron chi connectivity index (χ1n) is 10.3. The van der Waals surface area contributed by atoms with Gasteiger partial charge in [0.25, 0.3) is 0 Å². The topological polar surface area (TPSA) is 80.8 Å². The van der Waals surface area contributed by atoms with Crippen molar-refractivity contribution in [3.05, 3.63) is 0 Å². The van der Waals surface area contributed by atoms with E-state index in [1.807, 2.05) is 0 Å². The zero-order valence-electron chi connectivity index (χ0n) is 15.4. The van der Waals surface area contributed by atoms with Crippen LogP contribution in [0.1, 0.15) is 89.9 Å². The highest BCUT2D eigenvalue weighted by atomic mass is 15.0. The molecule has 0 heterocycles. The normalized spacial score (nSPS) is 22.4. The molecule has 4 heteroatoms.